The van der Waals surface area contributed by atoms with Crippen molar-refractivity contribution in [2.75, 3.05) is 32.8 Å². The third-order valence-electron chi connectivity index (χ3n) is 5.47. The van der Waals surface area contributed by atoms with E-state index in [-0.39, 0.29) is 5.91 Å². The van der Waals surface area contributed by atoms with Gasteiger partial charge in [-0.1, -0.05) is 35.9 Å². The first-order chi connectivity index (χ1) is 13.5. The van der Waals surface area contributed by atoms with E-state index in [4.69, 9.17) is 4.74 Å². The summed E-state index contributed by atoms with van der Waals surface area (Å²) in [6.07, 6.45) is 1.43. The third-order valence-corrected chi connectivity index (χ3v) is 5.47. The lowest BCUT2D eigenvalue weighted by Gasteiger charge is -2.35. The van der Waals surface area contributed by atoms with Crippen LogP contribution in [0.3, 0.4) is 0 Å². The van der Waals surface area contributed by atoms with Crippen molar-refractivity contribution in [1.29, 1.82) is 0 Å². The van der Waals surface area contributed by atoms with Crippen molar-refractivity contribution in [3.63, 3.8) is 0 Å². The first-order valence-electron chi connectivity index (χ1n) is 10.3. The molecule has 1 heterocycles. The summed E-state index contributed by atoms with van der Waals surface area (Å²) in [4.78, 5) is 17.1. The number of hydrogen-bond acceptors (Lipinski definition) is 3. The van der Waals surface area contributed by atoms with E-state index in [2.05, 4.69) is 49.1 Å². The van der Waals surface area contributed by atoms with E-state index in [0.717, 1.165) is 44.9 Å². The SMILES string of the molecule is CCOc1ccc(CN2CCN(C(=O)CCc3ccc(C)cc3C)CC2)cc1. The van der Waals surface area contributed by atoms with E-state index in [0.29, 0.717) is 13.0 Å². The van der Waals surface area contributed by atoms with Crippen LogP contribution in [0.1, 0.15) is 35.6 Å². The number of nitrogens with zero attached hydrogens (tertiary/aromatic N) is 2. The van der Waals surface area contributed by atoms with Crippen molar-refractivity contribution in [3.05, 3.63) is 64.7 Å². The minimum absolute atomic E-state index is 0.278. The molecule has 1 amide bonds. The molecule has 2 aromatic carbocycles. The Hall–Kier alpha value is -2.33. The number of hydrogen-bond donors (Lipinski definition) is 0. The lowest BCUT2D eigenvalue weighted by atomic mass is 10.0. The summed E-state index contributed by atoms with van der Waals surface area (Å²) in [6.45, 7) is 11.4. The lowest BCUT2D eigenvalue weighted by molar-refractivity contribution is -0.133. The normalized spacial score (nSPS) is 14.9. The predicted molar refractivity (Wildman–Crippen MR) is 114 cm³/mol. The Kier molecular flexibility index (Phi) is 7.10. The van der Waals surface area contributed by atoms with Crippen molar-refractivity contribution in [1.82, 2.24) is 9.80 Å². The molecule has 4 nitrogen and oxygen atoms in total. The third kappa shape index (κ3) is 5.59. The van der Waals surface area contributed by atoms with Gasteiger partial charge in [-0.2, -0.15) is 0 Å². The number of amides is 1. The topological polar surface area (TPSA) is 32.8 Å². The second-order valence-corrected chi connectivity index (χ2v) is 7.66. The monoisotopic (exact) mass is 380 g/mol. The molecular weight excluding hydrogens is 348 g/mol. The molecule has 0 N–H and O–H groups in total. The Morgan fingerprint density at radius 3 is 2.36 bits per heavy atom. The van der Waals surface area contributed by atoms with Crippen LogP contribution in [-0.2, 0) is 17.8 Å². The van der Waals surface area contributed by atoms with Crippen LogP contribution in [-0.4, -0.2) is 48.5 Å². The summed E-state index contributed by atoms with van der Waals surface area (Å²) >= 11 is 0. The van der Waals surface area contributed by atoms with E-state index < -0.39 is 0 Å². The molecule has 4 heteroatoms. The molecule has 0 spiro atoms. The molecule has 2 aromatic rings. The highest BCUT2D eigenvalue weighted by Gasteiger charge is 2.21. The van der Waals surface area contributed by atoms with Crippen molar-refractivity contribution in [2.45, 2.75) is 40.2 Å². The molecule has 0 radical (unpaired) electrons. The van der Waals surface area contributed by atoms with Gasteiger partial charge in [0.05, 0.1) is 6.61 Å². The smallest absolute Gasteiger partial charge is 0.222 e. The summed E-state index contributed by atoms with van der Waals surface area (Å²) in [5, 5.41) is 0. The summed E-state index contributed by atoms with van der Waals surface area (Å²) in [7, 11) is 0. The van der Waals surface area contributed by atoms with E-state index in [9.17, 15) is 4.79 Å². The molecule has 0 atom stereocenters. The van der Waals surface area contributed by atoms with Gasteiger partial charge in [0.1, 0.15) is 5.75 Å². The fourth-order valence-electron chi connectivity index (χ4n) is 3.80. The Morgan fingerprint density at radius 1 is 1.00 bits per heavy atom. The zero-order valence-electron chi connectivity index (χ0n) is 17.4. The van der Waals surface area contributed by atoms with Crippen LogP contribution in [0.15, 0.2) is 42.5 Å². The zero-order valence-corrected chi connectivity index (χ0v) is 17.4. The van der Waals surface area contributed by atoms with E-state index in [1.54, 1.807) is 0 Å². The number of aryl methyl sites for hydroxylation is 3. The number of carbonyl (C=O) groups excluding carboxylic acids is 1. The highest BCUT2D eigenvalue weighted by atomic mass is 16.5. The molecular formula is C24H32N2O2. The minimum atomic E-state index is 0.278. The van der Waals surface area contributed by atoms with Gasteiger partial charge in [-0.05, 0) is 56.0 Å². The molecule has 1 fully saturated rings. The molecule has 150 valence electrons. The number of benzene rings is 2. The molecule has 1 saturated heterocycles. The molecule has 0 unspecified atom stereocenters. The number of ether oxygens (including phenoxy) is 1. The van der Waals surface area contributed by atoms with Crippen LogP contribution >= 0.6 is 0 Å². The Balaban J connectivity index is 1.43. The van der Waals surface area contributed by atoms with Gasteiger partial charge in [-0.25, -0.2) is 0 Å². The highest BCUT2D eigenvalue weighted by molar-refractivity contribution is 5.76. The summed E-state index contributed by atoms with van der Waals surface area (Å²) < 4.78 is 5.50. The molecule has 0 saturated carbocycles. The Labute approximate surface area is 169 Å². The minimum Gasteiger partial charge on any atom is -0.494 e. The van der Waals surface area contributed by atoms with Crippen LogP contribution in [0.25, 0.3) is 0 Å². The van der Waals surface area contributed by atoms with Gasteiger partial charge in [0.25, 0.3) is 0 Å². The van der Waals surface area contributed by atoms with Gasteiger partial charge in [0, 0.05) is 39.1 Å². The molecule has 0 aliphatic carbocycles. The van der Waals surface area contributed by atoms with Crippen LogP contribution in [0, 0.1) is 13.8 Å². The largest absolute Gasteiger partial charge is 0.494 e. The van der Waals surface area contributed by atoms with Crippen LogP contribution in [0.5, 0.6) is 5.75 Å². The van der Waals surface area contributed by atoms with Gasteiger partial charge in [0.2, 0.25) is 5.91 Å². The van der Waals surface area contributed by atoms with Crippen LogP contribution in [0.2, 0.25) is 0 Å². The van der Waals surface area contributed by atoms with E-state index in [1.165, 1.54) is 22.3 Å². The zero-order chi connectivity index (χ0) is 19.9. The fraction of sp³-hybridized carbons (Fsp3) is 0.458. The maximum absolute atomic E-state index is 12.6. The second-order valence-electron chi connectivity index (χ2n) is 7.66. The van der Waals surface area contributed by atoms with Gasteiger partial charge in [-0.3, -0.25) is 9.69 Å². The molecule has 1 aliphatic rings. The standard InChI is InChI=1S/C24H32N2O2/c1-4-28-23-10-6-21(7-11-23)18-25-13-15-26(16-14-25)24(27)12-9-22-8-5-19(2)17-20(22)3/h5-8,10-11,17H,4,9,12-16,18H2,1-3H3. The highest BCUT2D eigenvalue weighted by Crippen LogP contribution is 2.16. The number of carbonyl (C=O) groups is 1. The maximum Gasteiger partial charge on any atom is 0.222 e. The van der Waals surface area contributed by atoms with Crippen molar-refractivity contribution in [3.8, 4) is 5.75 Å². The number of rotatable bonds is 7. The molecule has 0 aromatic heterocycles. The van der Waals surface area contributed by atoms with Crippen molar-refractivity contribution < 1.29 is 9.53 Å². The van der Waals surface area contributed by atoms with Crippen molar-refractivity contribution >= 4 is 5.91 Å². The molecule has 3 rings (SSSR count). The summed E-state index contributed by atoms with van der Waals surface area (Å²) in [5.41, 5.74) is 5.13. The molecule has 0 bridgehead atoms. The van der Waals surface area contributed by atoms with Gasteiger partial charge in [0.15, 0.2) is 0 Å². The molecule has 28 heavy (non-hydrogen) atoms. The summed E-state index contributed by atoms with van der Waals surface area (Å²) in [5.74, 6) is 1.20. The lowest BCUT2D eigenvalue weighted by Crippen LogP contribution is -2.48. The van der Waals surface area contributed by atoms with Gasteiger partial charge < -0.3 is 9.64 Å². The van der Waals surface area contributed by atoms with Gasteiger partial charge >= 0.3 is 0 Å². The van der Waals surface area contributed by atoms with Crippen molar-refractivity contribution in [2.24, 2.45) is 0 Å². The summed E-state index contributed by atoms with van der Waals surface area (Å²) in [6, 6.07) is 14.8. The Bertz CT molecular complexity index is 778. The van der Waals surface area contributed by atoms with Gasteiger partial charge in [-0.15, -0.1) is 0 Å². The fourth-order valence-corrected chi connectivity index (χ4v) is 3.80. The first kappa shape index (κ1) is 20.4. The maximum atomic E-state index is 12.6. The average Bonchev–Trinajstić information content (AvgIpc) is 2.69. The average molecular weight is 381 g/mol. The first-order valence-corrected chi connectivity index (χ1v) is 10.3. The number of piperazine rings is 1. The van der Waals surface area contributed by atoms with Crippen LogP contribution in [0.4, 0.5) is 0 Å². The quantitative estimate of drug-likeness (QED) is 0.728. The Morgan fingerprint density at radius 2 is 1.71 bits per heavy atom. The van der Waals surface area contributed by atoms with E-state index >= 15 is 0 Å². The predicted octanol–water partition coefficient (Wildman–Crippen LogP) is 3.98. The molecule has 1 aliphatic heterocycles. The van der Waals surface area contributed by atoms with E-state index in [1.807, 2.05) is 24.0 Å². The van der Waals surface area contributed by atoms with Crippen LogP contribution < -0.4 is 4.74 Å². The second kappa shape index (κ2) is 9.74.